The highest BCUT2D eigenvalue weighted by Gasteiger charge is 2.19. The Kier molecular flexibility index (Phi) is 7.57. The quantitative estimate of drug-likeness (QED) is 0.514. The lowest BCUT2D eigenvalue weighted by Crippen LogP contribution is -2.38. The van der Waals surface area contributed by atoms with Gasteiger partial charge in [-0.25, -0.2) is 13.1 Å². The SMILES string of the molecule is O=C(CNS(=O)(=O)c1cccs1)NC(CCCc1ccccc1)c1ccccc1. The molecule has 0 saturated carbocycles. The molecule has 0 spiro atoms. The average molecular weight is 429 g/mol. The van der Waals surface area contributed by atoms with Crippen molar-refractivity contribution in [3.8, 4) is 0 Å². The molecule has 2 N–H and O–H groups in total. The molecule has 0 fully saturated rings. The Morgan fingerprint density at radius 1 is 0.931 bits per heavy atom. The summed E-state index contributed by atoms with van der Waals surface area (Å²) in [7, 11) is -3.66. The van der Waals surface area contributed by atoms with Crippen LogP contribution in [0.25, 0.3) is 0 Å². The highest BCUT2D eigenvalue weighted by atomic mass is 32.2. The topological polar surface area (TPSA) is 75.3 Å². The molecule has 0 aliphatic heterocycles. The van der Waals surface area contributed by atoms with Crippen molar-refractivity contribution in [2.24, 2.45) is 0 Å². The summed E-state index contributed by atoms with van der Waals surface area (Å²) in [5.74, 6) is -0.348. The third kappa shape index (κ3) is 6.52. The summed E-state index contributed by atoms with van der Waals surface area (Å²) in [6.45, 7) is -0.289. The van der Waals surface area contributed by atoms with Gasteiger partial charge in [0.2, 0.25) is 5.91 Å². The highest BCUT2D eigenvalue weighted by Crippen LogP contribution is 2.20. The monoisotopic (exact) mass is 428 g/mol. The molecule has 0 aliphatic rings. The van der Waals surface area contributed by atoms with Gasteiger partial charge in [0.25, 0.3) is 10.0 Å². The first-order valence-electron chi connectivity index (χ1n) is 9.46. The van der Waals surface area contributed by atoms with E-state index in [4.69, 9.17) is 0 Å². The second-order valence-electron chi connectivity index (χ2n) is 6.67. The Morgan fingerprint density at radius 3 is 2.28 bits per heavy atom. The first-order valence-corrected chi connectivity index (χ1v) is 11.8. The summed E-state index contributed by atoms with van der Waals surface area (Å²) in [5.41, 5.74) is 2.27. The maximum Gasteiger partial charge on any atom is 0.250 e. The van der Waals surface area contributed by atoms with Gasteiger partial charge in [0.15, 0.2) is 0 Å². The van der Waals surface area contributed by atoms with Crippen LogP contribution in [-0.4, -0.2) is 20.9 Å². The smallest absolute Gasteiger partial charge is 0.250 e. The fraction of sp³-hybridized carbons (Fsp3) is 0.227. The second kappa shape index (κ2) is 10.3. The van der Waals surface area contributed by atoms with Gasteiger partial charge >= 0.3 is 0 Å². The van der Waals surface area contributed by atoms with Crippen LogP contribution in [0.15, 0.2) is 82.4 Å². The Balaban J connectivity index is 1.58. The van der Waals surface area contributed by atoms with E-state index in [1.807, 2.05) is 48.5 Å². The molecule has 0 saturated heterocycles. The van der Waals surface area contributed by atoms with Crippen molar-refractivity contribution >= 4 is 27.3 Å². The molecule has 1 amide bonds. The van der Waals surface area contributed by atoms with Crippen LogP contribution in [0.2, 0.25) is 0 Å². The zero-order valence-electron chi connectivity index (χ0n) is 16.0. The molecule has 1 atom stereocenters. The van der Waals surface area contributed by atoms with Crippen molar-refractivity contribution in [3.63, 3.8) is 0 Å². The number of sulfonamides is 1. The number of hydrogen-bond acceptors (Lipinski definition) is 4. The van der Waals surface area contributed by atoms with E-state index in [0.717, 1.165) is 36.2 Å². The molecule has 7 heteroatoms. The summed E-state index contributed by atoms with van der Waals surface area (Å²) in [6, 6.07) is 23.0. The molecule has 1 aromatic heterocycles. The number of carbonyl (C=O) groups is 1. The summed E-state index contributed by atoms with van der Waals surface area (Å²) < 4.78 is 27.0. The molecule has 0 aliphatic carbocycles. The predicted molar refractivity (Wildman–Crippen MR) is 116 cm³/mol. The van der Waals surface area contributed by atoms with Gasteiger partial charge in [0.05, 0.1) is 12.6 Å². The molecule has 3 rings (SSSR count). The Labute approximate surface area is 175 Å². The molecular weight excluding hydrogens is 404 g/mol. The number of hydrogen-bond donors (Lipinski definition) is 2. The fourth-order valence-corrected chi connectivity index (χ4v) is 5.08. The third-order valence-electron chi connectivity index (χ3n) is 4.52. The van der Waals surface area contributed by atoms with Crippen LogP contribution in [-0.2, 0) is 21.2 Å². The summed E-state index contributed by atoms with van der Waals surface area (Å²) in [4.78, 5) is 12.4. The second-order valence-corrected chi connectivity index (χ2v) is 9.61. The van der Waals surface area contributed by atoms with Crippen molar-refractivity contribution in [2.75, 3.05) is 6.54 Å². The van der Waals surface area contributed by atoms with Gasteiger partial charge in [-0.1, -0.05) is 66.7 Å². The van der Waals surface area contributed by atoms with Crippen molar-refractivity contribution in [3.05, 3.63) is 89.3 Å². The number of carbonyl (C=O) groups excluding carboxylic acids is 1. The van der Waals surface area contributed by atoms with E-state index < -0.39 is 10.0 Å². The van der Waals surface area contributed by atoms with Crippen LogP contribution < -0.4 is 10.0 Å². The Morgan fingerprint density at radius 2 is 1.62 bits per heavy atom. The van der Waals surface area contributed by atoms with E-state index in [1.54, 1.807) is 11.4 Å². The van der Waals surface area contributed by atoms with Gasteiger partial charge < -0.3 is 5.32 Å². The van der Waals surface area contributed by atoms with E-state index in [-0.39, 0.29) is 22.7 Å². The van der Waals surface area contributed by atoms with Crippen LogP contribution in [0.1, 0.15) is 30.0 Å². The van der Waals surface area contributed by atoms with Crippen LogP contribution >= 0.6 is 11.3 Å². The first kappa shape index (κ1) is 21.2. The molecule has 5 nitrogen and oxygen atoms in total. The van der Waals surface area contributed by atoms with E-state index >= 15 is 0 Å². The predicted octanol–water partition coefficient (Wildman–Crippen LogP) is 3.91. The lowest BCUT2D eigenvalue weighted by atomic mass is 9.99. The fourth-order valence-electron chi connectivity index (χ4n) is 3.06. The van der Waals surface area contributed by atoms with E-state index in [2.05, 4.69) is 22.2 Å². The molecule has 2 aromatic carbocycles. The molecule has 1 heterocycles. The zero-order chi connectivity index (χ0) is 20.5. The number of rotatable bonds is 10. The van der Waals surface area contributed by atoms with Gasteiger partial charge in [-0.05, 0) is 41.8 Å². The number of aryl methyl sites for hydroxylation is 1. The minimum Gasteiger partial charge on any atom is -0.348 e. The van der Waals surface area contributed by atoms with Crippen LogP contribution in [0, 0.1) is 0 Å². The summed E-state index contributed by atoms with van der Waals surface area (Å²) in [5, 5.41) is 4.66. The van der Waals surface area contributed by atoms with Crippen LogP contribution in [0.4, 0.5) is 0 Å². The maximum absolute atomic E-state index is 12.4. The van der Waals surface area contributed by atoms with Gasteiger partial charge in [-0.15, -0.1) is 11.3 Å². The van der Waals surface area contributed by atoms with Crippen molar-refractivity contribution in [1.82, 2.24) is 10.0 Å². The Hall–Kier alpha value is -2.48. The van der Waals surface area contributed by atoms with Gasteiger partial charge in [-0.2, -0.15) is 0 Å². The van der Waals surface area contributed by atoms with Gasteiger partial charge in [0.1, 0.15) is 4.21 Å². The zero-order valence-corrected chi connectivity index (χ0v) is 17.6. The number of amides is 1. The lowest BCUT2D eigenvalue weighted by Gasteiger charge is -2.19. The maximum atomic E-state index is 12.4. The van der Waals surface area contributed by atoms with Crippen LogP contribution in [0.5, 0.6) is 0 Å². The average Bonchev–Trinajstić information content (AvgIpc) is 3.29. The van der Waals surface area contributed by atoms with E-state index in [1.165, 1.54) is 11.6 Å². The molecule has 152 valence electrons. The van der Waals surface area contributed by atoms with Gasteiger partial charge in [0, 0.05) is 0 Å². The van der Waals surface area contributed by atoms with Crippen molar-refractivity contribution in [1.29, 1.82) is 0 Å². The minimum atomic E-state index is -3.66. The molecule has 1 unspecified atom stereocenters. The van der Waals surface area contributed by atoms with E-state index in [9.17, 15) is 13.2 Å². The summed E-state index contributed by atoms with van der Waals surface area (Å²) in [6.07, 6.45) is 2.60. The number of benzene rings is 2. The number of thiophene rings is 1. The minimum absolute atomic E-state index is 0.168. The van der Waals surface area contributed by atoms with Crippen LogP contribution in [0.3, 0.4) is 0 Å². The van der Waals surface area contributed by atoms with Crippen molar-refractivity contribution in [2.45, 2.75) is 29.5 Å². The van der Waals surface area contributed by atoms with E-state index in [0.29, 0.717) is 0 Å². The normalized spacial score (nSPS) is 12.4. The highest BCUT2D eigenvalue weighted by molar-refractivity contribution is 7.91. The molecule has 29 heavy (non-hydrogen) atoms. The third-order valence-corrected chi connectivity index (χ3v) is 7.32. The van der Waals surface area contributed by atoms with Crippen molar-refractivity contribution < 1.29 is 13.2 Å². The summed E-state index contributed by atoms with van der Waals surface area (Å²) >= 11 is 1.12. The standard InChI is InChI=1S/C22H24N2O3S2/c25-21(17-23-29(26,27)22-15-8-16-28-22)24-20(19-12-5-2-6-13-19)14-7-11-18-9-3-1-4-10-18/h1-6,8-10,12-13,15-16,20,23H,7,11,14,17H2,(H,24,25). The molecular formula is C22H24N2O3S2. The largest absolute Gasteiger partial charge is 0.348 e. The van der Waals surface area contributed by atoms with Gasteiger partial charge in [-0.3, -0.25) is 4.79 Å². The first-order chi connectivity index (χ1) is 14.0. The Bertz CT molecular complexity index is 989. The lowest BCUT2D eigenvalue weighted by molar-refractivity contribution is -0.120. The molecule has 0 radical (unpaired) electrons. The molecule has 3 aromatic rings. The molecule has 0 bridgehead atoms. The number of nitrogens with one attached hydrogen (secondary N) is 2.